The van der Waals surface area contributed by atoms with Gasteiger partial charge >= 0.3 is 0 Å². The number of Topliss-reactive ketones (excluding diaryl/α,β-unsaturated/α-hetero) is 1. The summed E-state index contributed by atoms with van der Waals surface area (Å²) in [6.45, 7) is 8.93. The van der Waals surface area contributed by atoms with Crippen LogP contribution in [0, 0.1) is 12.8 Å². The lowest BCUT2D eigenvalue weighted by Gasteiger charge is -2.24. The highest BCUT2D eigenvalue weighted by Crippen LogP contribution is 2.29. The number of carbonyl (C=O) groups excluding carboxylic acids is 4. The predicted octanol–water partition coefficient (Wildman–Crippen LogP) is 0.121. The summed E-state index contributed by atoms with van der Waals surface area (Å²) in [7, 11) is 1.38. The van der Waals surface area contributed by atoms with Crippen LogP contribution in [-0.2, 0) is 23.9 Å². The fourth-order valence-electron chi connectivity index (χ4n) is 3.05. The number of epoxide rings is 1. The summed E-state index contributed by atoms with van der Waals surface area (Å²) < 4.78 is 15.1. The second-order valence-electron chi connectivity index (χ2n) is 8.62. The number of aromatic nitrogens is 1. The lowest BCUT2D eigenvalue weighted by Crippen LogP contribution is -2.56. The summed E-state index contributed by atoms with van der Waals surface area (Å²) in [5.41, 5.74) is -0.351. The molecular formula is C21H32N4O7. The van der Waals surface area contributed by atoms with Gasteiger partial charge in [0.05, 0.1) is 24.9 Å². The fraction of sp³-hybridized carbons (Fsp3) is 0.667. The molecule has 1 aromatic rings. The molecule has 3 N–H and O–H groups in total. The fourth-order valence-corrected chi connectivity index (χ4v) is 3.05. The number of aryl methyl sites for hydroxylation is 1. The highest BCUT2D eigenvalue weighted by Gasteiger charge is 2.50. The van der Waals surface area contributed by atoms with E-state index in [9.17, 15) is 19.2 Å². The van der Waals surface area contributed by atoms with Gasteiger partial charge in [0.25, 0.3) is 5.91 Å². The van der Waals surface area contributed by atoms with Crippen LogP contribution >= 0.6 is 0 Å². The van der Waals surface area contributed by atoms with Gasteiger partial charge in [-0.05, 0) is 33.1 Å². The van der Waals surface area contributed by atoms with E-state index in [0.29, 0.717) is 18.7 Å². The molecule has 0 radical (unpaired) electrons. The molecule has 0 saturated carbocycles. The van der Waals surface area contributed by atoms with Gasteiger partial charge in [-0.3, -0.25) is 19.2 Å². The van der Waals surface area contributed by atoms with E-state index in [0.717, 1.165) is 0 Å². The third-order valence-electron chi connectivity index (χ3n) is 5.00. The van der Waals surface area contributed by atoms with Crippen LogP contribution in [0.2, 0.25) is 0 Å². The molecule has 2 rings (SSSR count). The summed E-state index contributed by atoms with van der Waals surface area (Å²) in [6, 6.07) is -1.32. The van der Waals surface area contributed by atoms with Crippen LogP contribution < -0.4 is 16.0 Å². The summed E-state index contributed by atoms with van der Waals surface area (Å²) in [4.78, 5) is 50.3. The Hall–Kier alpha value is -2.79. The lowest BCUT2D eigenvalue weighted by molar-refractivity contribution is -0.133. The van der Waals surface area contributed by atoms with E-state index in [1.54, 1.807) is 13.8 Å². The molecular weight excluding hydrogens is 420 g/mol. The maximum Gasteiger partial charge on any atom is 0.290 e. The van der Waals surface area contributed by atoms with Gasteiger partial charge in [0.2, 0.25) is 17.6 Å². The second kappa shape index (κ2) is 10.7. The highest BCUT2D eigenvalue weighted by atomic mass is 16.6. The van der Waals surface area contributed by atoms with Crippen molar-refractivity contribution in [2.75, 3.05) is 20.3 Å². The van der Waals surface area contributed by atoms with Gasteiger partial charge in [0.1, 0.15) is 17.7 Å². The number of nitrogens with zero attached hydrogens (tertiary/aromatic N) is 1. The number of nitrogens with one attached hydrogen (secondary N) is 3. The molecule has 2 heterocycles. The van der Waals surface area contributed by atoms with Crippen molar-refractivity contribution in [2.24, 2.45) is 5.92 Å². The molecule has 1 fully saturated rings. The molecule has 1 aliphatic rings. The van der Waals surface area contributed by atoms with E-state index in [-0.39, 0.29) is 24.1 Å². The number of methoxy groups -OCH3 is 1. The van der Waals surface area contributed by atoms with Crippen LogP contribution in [0.3, 0.4) is 0 Å². The second-order valence-corrected chi connectivity index (χ2v) is 8.62. The Labute approximate surface area is 186 Å². The number of hydrogen-bond acceptors (Lipinski definition) is 8. The van der Waals surface area contributed by atoms with Crippen LogP contribution in [0.25, 0.3) is 0 Å². The average molecular weight is 453 g/mol. The van der Waals surface area contributed by atoms with E-state index in [2.05, 4.69) is 21.1 Å². The average Bonchev–Trinajstić information content (AvgIpc) is 3.32. The van der Waals surface area contributed by atoms with Crippen LogP contribution in [0.15, 0.2) is 10.6 Å². The van der Waals surface area contributed by atoms with Gasteiger partial charge in [-0.1, -0.05) is 19.0 Å². The molecule has 178 valence electrons. The van der Waals surface area contributed by atoms with Gasteiger partial charge < -0.3 is 29.9 Å². The van der Waals surface area contributed by atoms with Gasteiger partial charge in [-0.15, -0.1) is 0 Å². The van der Waals surface area contributed by atoms with E-state index in [4.69, 9.17) is 14.0 Å². The number of carbonyl (C=O) groups is 4. The van der Waals surface area contributed by atoms with E-state index < -0.39 is 41.4 Å². The lowest BCUT2D eigenvalue weighted by atomic mass is 9.93. The molecule has 0 aromatic carbocycles. The number of ether oxygens (including phenoxy) is 2. The van der Waals surface area contributed by atoms with Crippen LogP contribution in [0.5, 0.6) is 0 Å². The summed E-state index contributed by atoms with van der Waals surface area (Å²) in [5.74, 6) is -1.85. The van der Waals surface area contributed by atoms with Crippen molar-refractivity contribution >= 4 is 23.5 Å². The summed E-state index contributed by atoms with van der Waals surface area (Å²) in [6.07, 6.45) is 0.448. The van der Waals surface area contributed by atoms with E-state index in [1.165, 1.54) is 20.1 Å². The summed E-state index contributed by atoms with van der Waals surface area (Å²) >= 11 is 0. The maximum absolute atomic E-state index is 12.7. The number of ketones is 1. The third-order valence-corrected chi connectivity index (χ3v) is 5.00. The monoisotopic (exact) mass is 452 g/mol. The molecule has 1 aromatic heterocycles. The maximum atomic E-state index is 12.7. The molecule has 0 unspecified atom stereocenters. The topological polar surface area (TPSA) is 152 Å². The zero-order chi connectivity index (χ0) is 24.1. The Morgan fingerprint density at radius 2 is 1.78 bits per heavy atom. The first-order chi connectivity index (χ1) is 15.0. The SMILES string of the molecule is COC[C@H](NC(=O)c1cc(C)no1)C(=O)N[C@@H](C)C(=O)N[C@@H](CC(C)C)C(=O)[C@@]1(C)CO1. The van der Waals surface area contributed by atoms with Gasteiger partial charge in [-0.25, -0.2) is 0 Å². The molecule has 1 saturated heterocycles. The Morgan fingerprint density at radius 1 is 1.12 bits per heavy atom. The first-order valence-corrected chi connectivity index (χ1v) is 10.5. The minimum atomic E-state index is -1.07. The number of rotatable bonds is 12. The zero-order valence-corrected chi connectivity index (χ0v) is 19.3. The summed E-state index contributed by atoms with van der Waals surface area (Å²) in [5, 5.41) is 11.4. The molecule has 0 aliphatic carbocycles. The molecule has 3 amide bonds. The normalized spacial score (nSPS) is 20.2. The van der Waals surface area contributed by atoms with Crippen LogP contribution in [-0.4, -0.2) is 72.7 Å². The first kappa shape index (κ1) is 25.5. The van der Waals surface area contributed by atoms with Crippen molar-refractivity contribution < 1.29 is 33.2 Å². The van der Waals surface area contributed by atoms with Crippen molar-refractivity contribution in [3.05, 3.63) is 17.5 Å². The predicted molar refractivity (Wildman–Crippen MR) is 113 cm³/mol. The third kappa shape index (κ3) is 6.86. The molecule has 11 heteroatoms. The van der Waals surface area contributed by atoms with Crippen molar-refractivity contribution in [2.45, 2.75) is 64.8 Å². The Morgan fingerprint density at radius 3 is 2.28 bits per heavy atom. The zero-order valence-electron chi connectivity index (χ0n) is 19.3. The smallest absolute Gasteiger partial charge is 0.290 e. The molecule has 0 bridgehead atoms. The van der Waals surface area contributed by atoms with E-state index in [1.807, 2.05) is 13.8 Å². The molecule has 11 nitrogen and oxygen atoms in total. The number of hydrogen-bond donors (Lipinski definition) is 3. The van der Waals surface area contributed by atoms with Crippen molar-refractivity contribution in [3.63, 3.8) is 0 Å². The van der Waals surface area contributed by atoms with Crippen LogP contribution in [0.4, 0.5) is 0 Å². The molecule has 1 aliphatic heterocycles. The quantitative estimate of drug-likeness (QED) is 0.378. The minimum Gasteiger partial charge on any atom is -0.382 e. The van der Waals surface area contributed by atoms with Gasteiger partial charge in [0.15, 0.2) is 5.78 Å². The van der Waals surface area contributed by atoms with Gasteiger partial charge in [0, 0.05) is 13.2 Å². The van der Waals surface area contributed by atoms with Crippen molar-refractivity contribution in [3.8, 4) is 0 Å². The van der Waals surface area contributed by atoms with Crippen LogP contribution in [0.1, 0.15) is 50.4 Å². The standard InChI is InChI=1S/C21H32N4O7/c1-11(2)7-14(17(26)21(5)10-31-21)23-18(27)13(4)22-19(28)15(9-30-6)24-20(29)16-8-12(3)25-32-16/h8,11,13-15H,7,9-10H2,1-6H3,(H,22,28)(H,23,27)(H,24,29)/t13-,14-,15-,21+/m0/s1. The Bertz CT molecular complexity index is 847. The highest BCUT2D eigenvalue weighted by molar-refractivity contribution is 5.99. The Kier molecular flexibility index (Phi) is 8.51. The van der Waals surface area contributed by atoms with Gasteiger partial charge in [-0.2, -0.15) is 0 Å². The first-order valence-electron chi connectivity index (χ1n) is 10.5. The molecule has 0 spiro atoms. The van der Waals surface area contributed by atoms with E-state index >= 15 is 0 Å². The minimum absolute atomic E-state index is 0.0481. The van der Waals surface area contributed by atoms with Crippen molar-refractivity contribution in [1.29, 1.82) is 0 Å². The Balaban J connectivity index is 1.98. The molecule has 32 heavy (non-hydrogen) atoms. The largest absolute Gasteiger partial charge is 0.382 e. The molecule has 4 atom stereocenters. The number of amides is 3. The van der Waals surface area contributed by atoms with Crippen molar-refractivity contribution in [1.82, 2.24) is 21.1 Å².